The fraction of sp³-hybridized carbons (Fsp3) is 0.700. The van der Waals surface area contributed by atoms with Gasteiger partial charge in [-0.2, -0.15) is 0 Å². The van der Waals surface area contributed by atoms with Gasteiger partial charge in [-0.25, -0.2) is 0 Å². The second-order valence-corrected chi connectivity index (χ2v) is 27.0. The van der Waals surface area contributed by atoms with E-state index in [1.807, 2.05) is 21.1 Å². The van der Waals surface area contributed by atoms with E-state index < -0.39 is 26.5 Å². The van der Waals surface area contributed by atoms with Crippen LogP contribution in [0.4, 0.5) is 0 Å². The molecule has 90 heavy (non-hydrogen) atoms. The van der Waals surface area contributed by atoms with E-state index in [2.05, 4.69) is 148 Å². The average molecular weight is 1270 g/mol. The monoisotopic (exact) mass is 1270 g/mol. The van der Waals surface area contributed by atoms with Gasteiger partial charge in [0.15, 0.2) is 6.10 Å². The van der Waals surface area contributed by atoms with Crippen molar-refractivity contribution in [3.8, 4) is 0 Å². The van der Waals surface area contributed by atoms with Gasteiger partial charge in [0.25, 0.3) is 7.82 Å². The minimum absolute atomic E-state index is 0.0384. The van der Waals surface area contributed by atoms with E-state index in [0.717, 1.165) is 128 Å². The largest absolute Gasteiger partial charge is 0.756 e. The van der Waals surface area contributed by atoms with Gasteiger partial charge in [0, 0.05) is 12.8 Å². The van der Waals surface area contributed by atoms with Crippen LogP contribution < -0.4 is 4.89 Å². The quantitative estimate of drug-likeness (QED) is 0.0195. The fourth-order valence-corrected chi connectivity index (χ4v) is 10.8. The lowest BCUT2D eigenvalue weighted by Crippen LogP contribution is -2.37. The third kappa shape index (κ3) is 73.2. The molecule has 0 aromatic carbocycles. The van der Waals surface area contributed by atoms with Crippen molar-refractivity contribution in [3.05, 3.63) is 134 Å². The molecule has 2 atom stereocenters. The molecule has 0 aromatic heterocycles. The molecular weight excluding hydrogens is 1130 g/mol. The molecule has 0 aliphatic rings. The SMILES string of the molecule is CC/C=C\C/C=C\C/C=C\C/C=C\C/C=C\C/C=C\CCCCCCCCC(=O)OC(COC(=O)CCCCCCCCCCCCCCCCCCCCCCCCCCC/C=C\C/C=C\C/C=C\C/C=C\C/C=C\CC)COP(=O)([O-])OCC[N+](C)(C)C. The maximum atomic E-state index is 12.9. The van der Waals surface area contributed by atoms with Crippen LogP contribution in [-0.4, -0.2) is 70.0 Å². The topological polar surface area (TPSA) is 111 Å². The Balaban J connectivity index is 3.97. The van der Waals surface area contributed by atoms with Crippen molar-refractivity contribution < 1.29 is 42.1 Å². The zero-order valence-corrected chi connectivity index (χ0v) is 59.7. The number of allylic oxidation sites excluding steroid dienone is 22. The normalized spacial score (nSPS) is 13.9. The fourth-order valence-electron chi connectivity index (χ4n) is 10.1. The third-order valence-corrected chi connectivity index (χ3v) is 16.6. The number of carbonyl (C=O) groups excluding carboxylic acids is 2. The van der Waals surface area contributed by atoms with Gasteiger partial charge < -0.3 is 27.9 Å². The van der Waals surface area contributed by atoms with Crippen molar-refractivity contribution in [2.24, 2.45) is 0 Å². The molecule has 9 nitrogen and oxygen atoms in total. The number of quaternary nitrogens is 1. The van der Waals surface area contributed by atoms with Gasteiger partial charge >= 0.3 is 11.9 Å². The summed E-state index contributed by atoms with van der Waals surface area (Å²) in [5.41, 5.74) is 0. The first-order chi connectivity index (χ1) is 44.0. The highest BCUT2D eigenvalue weighted by molar-refractivity contribution is 7.45. The van der Waals surface area contributed by atoms with Crippen LogP contribution in [-0.2, 0) is 32.7 Å². The van der Waals surface area contributed by atoms with E-state index in [-0.39, 0.29) is 32.0 Å². The first-order valence-electron chi connectivity index (χ1n) is 36.9. The highest BCUT2D eigenvalue weighted by Crippen LogP contribution is 2.38. The van der Waals surface area contributed by atoms with Crippen molar-refractivity contribution in [1.82, 2.24) is 0 Å². The first-order valence-corrected chi connectivity index (χ1v) is 38.4. The van der Waals surface area contributed by atoms with E-state index in [0.29, 0.717) is 17.4 Å². The number of likely N-dealkylation sites (N-methyl/N-ethyl adjacent to an activating group) is 1. The highest BCUT2D eigenvalue weighted by Gasteiger charge is 2.22. The Hall–Kier alpha value is -3.85. The number of carbonyl (C=O) groups is 2. The summed E-state index contributed by atoms with van der Waals surface area (Å²) in [6.07, 6.45) is 101. The Labute approximate surface area is 555 Å². The number of unbranched alkanes of at least 4 members (excludes halogenated alkanes) is 31. The minimum Gasteiger partial charge on any atom is -0.756 e. The Morgan fingerprint density at radius 3 is 0.889 bits per heavy atom. The maximum Gasteiger partial charge on any atom is 0.306 e. The number of phosphoric acid groups is 1. The smallest absolute Gasteiger partial charge is 0.306 e. The van der Waals surface area contributed by atoms with Crippen molar-refractivity contribution in [3.63, 3.8) is 0 Å². The summed E-state index contributed by atoms with van der Waals surface area (Å²) < 4.78 is 34.3. The van der Waals surface area contributed by atoms with Gasteiger partial charge in [-0.1, -0.05) is 321 Å². The van der Waals surface area contributed by atoms with Crippen molar-refractivity contribution >= 4 is 19.8 Å². The van der Waals surface area contributed by atoms with Gasteiger partial charge in [0.2, 0.25) is 0 Å². The molecule has 0 saturated carbocycles. The molecule has 10 heteroatoms. The molecule has 0 aliphatic carbocycles. The predicted molar refractivity (Wildman–Crippen MR) is 388 cm³/mol. The first kappa shape index (κ1) is 86.2. The molecule has 2 unspecified atom stereocenters. The summed E-state index contributed by atoms with van der Waals surface area (Å²) in [6, 6.07) is 0. The molecule has 0 bridgehead atoms. The summed E-state index contributed by atoms with van der Waals surface area (Å²) in [7, 11) is 1.15. The second kappa shape index (κ2) is 69.5. The molecule has 0 amide bonds. The lowest BCUT2D eigenvalue weighted by atomic mass is 10.0. The number of hydrogen-bond acceptors (Lipinski definition) is 8. The zero-order chi connectivity index (χ0) is 65.5. The molecular formula is C80H138NO8P. The number of nitrogens with zero attached hydrogens (tertiary/aromatic N) is 1. The van der Waals surface area contributed by atoms with Crippen molar-refractivity contribution in [2.75, 3.05) is 47.5 Å². The zero-order valence-electron chi connectivity index (χ0n) is 58.8. The van der Waals surface area contributed by atoms with Gasteiger partial charge in [-0.3, -0.25) is 14.2 Å². The summed E-state index contributed by atoms with van der Waals surface area (Å²) in [6.45, 7) is 4.01. The van der Waals surface area contributed by atoms with Crippen molar-refractivity contribution in [2.45, 2.75) is 315 Å². The minimum atomic E-state index is -4.65. The van der Waals surface area contributed by atoms with Crippen LogP contribution in [0, 0.1) is 0 Å². The Morgan fingerprint density at radius 2 is 0.600 bits per heavy atom. The molecule has 0 aromatic rings. The molecule has 0 radical (unpaired) electrons. The highest BCUT2D eigenvalue weighted by atomic mass is 31.2. The number of esters is 2. The lowest BCUT2D eigenvalue weighted by Gasteiger charge is -2.28. The summed E-state index contributed by atoms with van der Waals surface area (Å²) in [5.74, 6) is -0.846. The van der Waals surface area contributed by atoms with Crippen LogP contribution in [0.2, 0.25) is 0 Å². The third-order valence-electron chi connectivity index (χ3n) is 15.7. The van der Waals surface area contributed by atoms with E-state index in [4.69, 9.17) is 18.5 Å². The average Bonchev–Trinajstić information content (AvgIpc) is 3.58. The van der Waals surface area contributed by atoms with E-state index in [1.165, 1.54) is 148 Å². The van der Waals surface area contributed by atoms with E-state index in [9.17, 15) is 19.0 Å². The van der Waals surface area contributed by atoms with Crippen LogP contribution in [0.3, 0.4) is 0 Å². The number of ether oxygens (including phenoxy) is 2. The van der Waals surface area contributed by atoms with E-state index in [1.54, 1.807) is 0 Å². The summed E-state index contributed by atoms with van der Waals surface area (Å²) >= 11 is 0. The molecule has 0 spiro atoms. The van der Waals surface area contributed by atoms with E-state index >= 15 is 0 Å². The lowest BCUT2D eigenvalue weighted by molar-refractivity contribution is -0.870. The maximum absolute atomic E-state index is 12.9. The van der Waals surface area contributed by atoms with Crippen LogP contribution in [0.1, 0.15) is 309 Å². The van der Waals surface area contributed by atoms with Gasteiger partial charge in [-0.05, 0) is 109 Å². The van der Waals surface area contributed by atoms with Gasteiger partial charge in [0.05, 0.1) is 27.7 Å². The number of hydrogen-bond donors (Lipinski definition) is 0. The summed E-state index contributed by atoms with van der Waals surface area (Å²) in [5, 5.41) is 0. The molecule has 0 N–H and O–H groups in total. The predicted octanol–water partition coefficient (Wildman–Crippen LogP) is 23.8. The van der Waals surface area contributed by atoms with Crippen LogP contribution in [0.15, 0.2) is 134 Å². The summed E-state index contributed by atoms with van der Waals surface area (Å²) in [4.78, 5) is 38.1. The second-order valence-electron chi connectivity index (χ2n) is 25.5. The van der Waals surface area contributed by atoms with Crippen LogP contribution in [0.25, 0.3) is 0 Å². The number of phosphoric ester groups is 1. The molecule has 0 fully saturated rings. The van der Waals surface area contributed by atoms with Crippen LogP contribution in [0.5, 0.6) is 0 Å². The number of rotatable bonds is 67. The molecule has 0 rings (SSSR count). The Kier molecular flexibility index (Phi) is 66.5. The van der Waals surface area contributed by atoms with Crippen molar-refractivity contribution in [1.29, 1.82) is 0 Å². The van der Waals surface area contributed by atoms with Gasteiger partial charge in [-0.15, -0.1) is 0 Å². The van der Waals surface area contributed by atoms with Crippen LogP contribution >= 0.6 is 7.82 Å². The standard InChI is InChI=1S/C80H138NO8P/c1-6-8-10-12-14-16-18-20-22-24-26-28-30-32-33-34-35-36-37-38-39-40-41-42-43-44-45-46-47-49-50-52-54-56-58-60-62-64-66-68-70-72-79(82)86-76-78(77-88-90(84,85)87-75-74-81(3,4)5)89-80(83)73-71-69-67-65-63-61-59-57-55-53-51-48-31-29-27-25-23-21-19-17-15-13-11-9-7-2/h8-11,14-17,20-23,26-29,32-33,48,51,55,57,78H,6-7,12-13,18-19,24-25,30-31,34-47,49-50,52-54,56,58-77H2,1-5H3/b10-8-,11-9-,16-14-,17-15-,22-20-,23-21-,28-26-,29-27-,33-32-,51-48-,57-55-. The Morgan fingerprint density at radius 1 is 0.344 bits per heavy atom. The van der Waals surface area contributed by atoms with Gasteiger partial charge in [0.1, 0.15) is 19.8 Å². The molecule has 0 aliphatic heterocycles. The molecule has 516 valence electrons. The Bertz CT molecular complexity index is 1980. The molecule has 0 heterocycles. The molecule has 0 saturated heterocycles.